The van der Waals surface area contributed by atoms with E-state index in [9.17, 15) is 14.4 Å². The van der Waals surface area contributed by atoms with Crippen LogP contribution in [0.4, 0.5) is 5.69 Å². The second kappa shape index (κ2) is 10.8. The molecule has 0 saturated heterocycles. The second-order valence-corrected chi connectivity index (χ2v) is 7.11. The number of carbonyl (C=O) groups is 3. The Morgan fingerprint density at radius 1 is 0.969 bits per heavy atom. The summed E-state index contributed by atoms with van der Waals surface area (Å²) in [5.41, 5.74) is 1.71. The number of para-hydroxylation sites is 1. The van der Waals surface area contributed by atoms with Gasteiger partial charge in [-0.25, -0.2) is 4.79 Å². The zero-order valence-electron chi connectivity index (χ0n) is 17.9. The van der Waals surface area contributed by atoms with Crippen molar-refractivity contribution in [3.63, 3.8) is 0 Å². The van der Waals surface area contributed by atoms with Crippen LogP contribution in [0.5, 0.6) is 5.75 Å². The van der Waals surface area contributed by atoms with Crippen LogP contribution in [-0.4, -0.2) is 42.9 Å². The van der Waals surface area contributed by atoms with Gasteiger partial charge >= 0.3 is 5.97 Å². The Morgan fingerprint density at radius 2 is 1.69 bits per heavy atom. The number of ether oxygens (including phenoxy) is 2. The smallest absolute Gasteiger partial charge is 0.374 e. The van der Waals surface area contributed by atoms with Gasteiger partial charge in [-0.3, -0.25) is 9.59 Å². The highest BCUT2D eigenvalue weighted by molar-refractivity contribution is 5.95. The Kier molecular flexibility index (Phi) is 7.64. The predicted octanol–water partition coefficient (Wildman–Crippen LogP) is 3.42. The van der Waals surface area contributed by atoms with E-state index in [-0.39, 0.29) is 24.8 Å². The van der Waals surface area contributed by atoms with E-state index in [1.165, 1.54) is 18.0 Å². The van der Waals surface area contributed by atoms with Crippen molar-refractivity contribution >= 4 is 23.5 Å². The Balaban J connectivity index is 1.41. The van der Waals surface area contributed by atoms with Crippen LogP contribution in [0.25, 0.3) is 0 Å². The lowest BCUT2D eigenvalue weighted by molar-refractivity contribution is -0.136. The number of amides is 2. The molecule has 1 heterocycles. The lowest BCUT2D eigenvalue weighted by Gasteiger charge is -2.16. The van der Waals surface area contributed by atoms with E-state index in [1.807, 2.05) is 37.3 Å². The molecule has 1 aromatic heterocycles. The highest BCUT2D eigenvalue weighted by Crippen LogP contribution is 2.14. The Labute approximate surface area is 185 Å². The number of carbonyl (C=O) groups excluding carboxylic acids is 3. The fourth-order valence-electron chi connectivity index (χ4n) is 2.69. The molecule has 0 radical (unpaired) electrons. The molecular weight excluding hydrogens is 412 g/mol. The van der Waals surface area contributed by atoms with Gasteiger partial charge in [0, 0.05) is 12.7 Å². The molecule has 32 heavy (non-hydrogen) atoms. The van der Waals surface area contributed by atoms with Crippen molar-refractivity contribution in [2.75, 3.05) is 25.5 Å². The average molecular weight is 436 g/mol. The van der Waals surface area contributed by atoms with Gasteiger partial charge in [-0.05, 0) is 43.3 Å². The number of benzene rings is 2. The molecule has 0 fully saturated rings. The minimum Gasteiger partial charge on any atom is -0.486 e. The number of aryl methyl sites for hydroxylation is 1. The summed E-state index contributed by atoms with van der Waals surface area (Å²) in [7, 11) is 1.46. The summed E-state index contributed by atoms with van der Waals surface area (Å²) in [4.78, 5) is 37.6. The Morgan fingerprint density at radius 3 is 2.41 bits per heavy atom. The van der Waals surface area contributed by atoms with Gasteiger partial charge in [0.25, 0.3) is 5.91 Å². The van der Waals surface area contributed by atoms with Crippen LogP contribution >= 0.6 is 0 Å². The molecule has 0 atom stereocenters. The summed E-state index contributed by atoms with van der Waals surface area (Å²) in [5, 5.41) is 2.70. The second-order valence-electron chi connectivity index (χ2n) is 7.11. The third-order valence-corrected chi connectivity index (χ3v) is 4.46. The molecule has 0 saturated carbocycles. The maximum atomic E-state index is 12.2. The van der Waals surface area contributed by atoms with E-state index >= 15 is 0 Å². The number of esters is 1. The number of nitrogens with zero attached hydrogens (tertiary/aromatic N) is 1. The summed E-state index contributed by atoms with van der Waals surface area (Å²) >= 11 is 0. The molecule has 3 rings (SSSR count). The third kappa shape index (κ3) is 6.73. The number of hydrogen-bond acceptors (Lipinski definition) is 6. The van der Waals surface area contributed by atoms with E-state index < -0.39 is 18.5 Å². The molecule has 0 aliphatic heterocycles. The van der Waals surface area contributed by atoms with Crippen molar-refractivity contribution in [2.24, 2.45) is 0 Å². The molecule has 0 aliphatic rings. The van der Waals surface area contributed by atoms with Crippen molar-refractivity contribution in [1.82, 2.24) is 4.90 Å². The first-order valence-corrected chi connectivity index (χ1v) is 9.95. The van der Waals surface area contributed by atoms with Crippen LogP contribution in [0.2, 0.25) is 0 Å². The molecule has 0 spiro atoms. The van der Waals surface area contributed by atoms with Gasteiger partial charge in [-0.2, -0.15) is 0 Å². The van der Waals surface area contributed by atoms with Crippen LogP contribution in [0.3, 0.4) is 0 Å². The van der Waals surface area contributed by atoms with Crippen LogP contribution in [0, 0.1) is 6.92 Å². The van der Waals surface area contributed by atoms with E-state index in [1.54, 1.807) is 30.3 Å². The fraction of sp³-hybridized carbons (Fsp3) is 0.208. The predicted molar refractivity (Wildman–Crippen MR) is 117 cm³/mol. The van der Waals surface area contributed by atoms with Gasteiger partial charge in [0.15, 0.2) is 6.61 Å². The van der Waals surface area contributed by atoms with Gasteiger partial charge in [0.1, 0.15) is 18.1 Å². The summed E-state index contributed by atoms with van der Waals surface area (Å²) in [6.45, 7) is 1.41. The summed E-state index contributed by atoms with van der Waals surface area (Å²) in [6.07, 6.45) is 0. The maximum absolute atomic E-state index is 12.2. The quantitative estimate of drug-likeness (QED) is 0.516. The minimum atomic E-state index is -0.776. The Bertz CT molecular complexity index is 1060. The molecule has 8 heteroatoms. The minimum absolute atomic E-state index is 0.0378. The van der Waals surface area contributed by atoms with Crippen molar-refractivity contribution in [3.05, 3.63) is 83.8 Å². The standard InChI is InChI=1S/C24H24N2O6/c1-17-8-10-18(11-9-17)25-22(27)14-26(2)23(28)16-31-24(29)21-13-12-20(32-21)15-30-19-6-4-3-5-7-19/h3-13H,14-16H2,1-2H3,(H,25,27). The number of rotatable bonds is 9. The first-order chi connectivity index (χ1) is 15.4. The van der Waals surface area contributed by atoms with Crippen LogP contribution in [-0.2, 0) is 20.9 Å². The van der Waals surface area contributed by atoms with Crippen molar-refractivity contribution in [2.45, 2.75) is 13.5 Å². The Hall–Kier alpha value is -4.07. The van der Waals surface area contributed by atoms with Gasteiger partial charge < -0.3 is 24.1 Å². The molecular formula is C24H24N2O6. The molecule has 0 bridgehead atoms. The topological polar surface area (TPSA) is 98.1 Å². The maximum Gasteiger partial charge on any atom is 0.374 e. The highest BCUT2D eigenvalue weighted by Gasteiger charge is 2.18. The normalized spacial score (nSPS) is 10.3. The monoisotopic (exact) mass is 436 g/mol. The fourth-order valence-corrected chi connectivity index (χ4v) is 2.69. The van der Waals surface area contributed by atoms with Crippen LogP contribution in [0.15, 0.2) is 71.1 Å². The van der Waals surface area contributed by atoms with Crippen molar-refractivity contribution in [3.8, 4) is 5.75 Å². The molecule has 166 valence electrons. The zero-order valence-corrected chi connectivity index (χ0v) is 17.9. The number of nitrogens with one attached hydrogen (secondary N) is 1. The van der Waals surface area contributed by atoms with Crippen molar-refractivity contribution < 1.29 is 28.3 Å². The lowest BCUT2D eigenvalue weighted by atomic mass is 10.2. The lowest BCUT2D eigenvalue weighted by Crippen LogP contribution is -2.37. The number of hydrogen-bond donors (Lipinski definition) is 1. The van der Waals surface area contributed by atoms with Gasteiger partial charge in [-0.15, -0.1) is 0 Å². The summed E-state index contributed by atoms with van der Waals surface area (Å²) in [6, 6.07) is 19.5. The molecule has 0 unspecified atom stereocenters. The van der Waals surface area contributed by atoms with Gasteiger partial charge in [0.05, 0.1) is 6.54 Å². The molecule has 1 N–H and O–H groups in total. The van der Waals surface area contributed by atoms with E-state index in [4.69, 9.17) is 13.9 Å². The van der Waals surface area contributed by atoms with Gasteiger partial charge in [0.2, 0.25) is 11.7 Å². The molecule has 2 amide bonds. The number of likely N-dealkylation sites (N-methyl/N-ethyl adjacent to an activating group) is 1. The molecule has 0 aliphatic carbocycles. The summed E-state index contributed by atoms with van der Waals surface area (Å²) < 4.78 is 16.0. The zero-order chi connectivity index (χ0) is 22.9. The number of anilines is 1. The molecule has 2 aromatic carbocycles. The highest BCUT2D eigenvalue weighted by atomic mass is 16.6. The average Bonchev–Trinajstić information content (AvgIpc) is 3.27. The third-order valence-electron chi connectivity index (χ3n) is 4.46. The SMILES string of the molecule is Cc1ccc(NC(=O)CN(C)C(=O)COC(=O)c2ccc(COc3ccccc3)o2)cc1. The largest absolute Gasteiger partial charge is 0.486 e. The van der Waals surface area contributed by atoms with Crippen molar-refractivity contribution in [1.29, 1.82) is 0 Å². The first kappa shape index (κ1) is 22.6. The molecule has 8 nitrogen and oxygen atoms in total. The molecule has 3 aromatic rings. The van der Waals surface area contributed by atoms with E-state index in [0.717, 1.165) is 5.56 Å². The van der Waals surface area contributed by atoms with Crippen LogP contribution < -0.4 is 10.1 Å². The van der Waals surface area contributed by atoms with E-state index in [2.05, 4.69) is 5.32 Å². The number of furan rings is 1. The summed E-state index contributed by atoms with van der Waals surface area (Å²) in [5.74, 6) is -0.571. The first-order valence-electron chi connectivity index (χ1n) is 9.95. The van der Waals surface area contributed by atoms with Gasteiger partial charge in [-0.1, -0.05) is 35.9 Å². The van der Waals surface area contributed by atoms with E-state index in [0.29, 0.717) is 17.2 Å². The van der Waals surface area contributed by atoms with Crippen LogP contribution in [0.1, 0.15) is 21.9 Å².